The standard InChI is InChI=1S/C15H18N2O2S/c1-2-16-11(9-15-17-7-8-20-15)14-10-18-12-5-3-4-6-13(12)19-14/h3-8,11,14,16H,2,9-10H2,1H3. The second kappa shape index (κ2) is 6.24. The predicted molar refractivity (Wildman–Crippen MR) is 79.6 cm³/mol. The lowest BCUT2D eigenvalue weighted by molar-refractivity contribution is 0.0624. The first-order chi connectivity index (χ1) is 9.86. The maximum absolute atomic E-state index is 6.08. The Morgan fingerprint density at radius 1 is 1.40 bits per heavy atom. The summed E-state index contributed by atoms with van der Waals surface area (Å²) < 4.78 is 11.9. The van der Waals surface area contributed by atoms with Gasteiger partial charge in [-0.2, -0.15) is 0 Å². The van der Waals surface area contributed by atoms with Crippen LogP contribution in [0.2, 0.25) is 0 Å². The van der Waals surface area contributed by atoms with E-state index in [1.54, 1.807) is 11.3 Å². The molecule has 3 rings (SSSR count). The molecule has 2 unspecified atom stereocenters. The summed E-state index contributed by atoms with van der Waals surface area (Å²) >= 11 is 1.68. The van der Waals surface area contributed by atoms with Gasteiger partial charge in [0, 0.05) is 18.0 Å². The van der Waals surface area contributed by atoms with Crippen LogP contribution in [0.3, 0.4) is 0 Å². The molecule has 1 N–H and O–H groups in total. The van der Waals surface area contributed by atoms with E-state index >= 15 is 0 Å². The zero-order valence-electron chi connectivity index (χ0n) is 11.4. The molecule has 2 aromatic rings. The van der Waals surface area contributed by atoms with Crippen molar-refractivity contribution in [2.45, 2.75) is 25.5 Å². The molecule has 5 heteroatoms. The Kier molecular flexibility index (Phi) is 4.18. The van der Waals surface area contributed by atoms with E-state index in [0.717, 1.165) is 29.5 Å². The number of hydrogen-bond acceptors (Lipinski definition) is 5. The minimum atomic E-state index is 0.00810. The first kappa shape index (κ1) is 13.4. The quantitative estimate of drug-likeness (QED) is 0.919. The van der Waals surface area contributed by atoms with Gasteiger partial charge in [-0.05, 0) is 18.7 Å². The van der Waals surface area contributed by atoms with E-state index in [1.807, 2.05) is 35.8 Å². The lowest BCUT2D eigenvalue weighted by Gasteiger charge is -2.32. The van der Waals surface area contributed by atoms with E-state index < -0.39 is 0 Å². The van der Waals surface area contributed by atoms with Crippen molar-refractivity contribution in [1.29, 1.82) is 0 Å². The number of para-hydroxylation sites is 2. The number of rotatable bonds is 5. The van der Waals surface area contributed by atoms with Crippen LogP contribution in [0.1, 0.15) is 11.9 Å². The van der Waals surface area contributed by atoms with Crippen molar-refractivity contribution < 1.29 is 9.47 Å². The van der Waals surface area contributed by atoms with Gasteiger partial charge < -0.3 is 14.8 Å². The number of hydrogen-bond donors (Lipinski definition) is 1. The summed E-state index contributed by atoms with van der Waals surface area (Å²) in [6.45, 7) is 3.57. The zero-order valence-corrected chi connectivity index (χ0v) is 12.2. The third-order valence-corrected chi connectivity index (χ3v) is 4.13. The summed E-state index contributed by atoms with van der Waals surface area (Å²) in [7, 11) is 0. The summed E-state index contributed by atoms with van der Waals surface area (Å²) in [6, 6.07) is 8.02. The molecule has 0 aliphatic carbocycles. The number of thiazole rings is 1. The van der Waals surface area contributed by atoms with Crippen molar-refractivity contribution in [3.05, 3.63) is 40.8 Å². The van der Waals surface area contributed by atoms with E-state index in [-0.39, 0.29) is 12.1 Å². The number of likely N-dealkylation sites (N-methyl/N-ethyl adjacent to an activating group) is 1. The van der Waals surface area contributed by atoms with Crippen molar-refractivity contribution in [1.82, 2.24) is 10.3 Å². The van der Waals surface area contributed by atoms with Gasteiger partial charge in [-0.3, -0.25) is 0 Å². The smallest absolute Gasteiger partial charge is 0.161 e. The van der Waals surface area contributed by atoms with Gasteiger partial charge in [0.1, 0.15) is 12.7 Å². The summed E-state index contributed by atoms with van der Waals surface area (Å²) in [5.41, 5.74) is 0. The predicted octanol–water partition coefficient (Wildman–Crippen LogP) is 2.50. The number of aromatic nitrogens is 1. The van der Waals surface area contributed by atoms with Gasteiger partial charge in [0.15, 0.2) is 11.5 Å². The van der Waals surface area contributed by atoms with Gasteiger partial charge in [-0.25, -0.2) is 4.98 Å². The molecule has 2 atom stereocenters. The first-order valence-electron chi connectivity index (χ1n) is 6.87. The largest absolute Gasteiger partial charge is 0.486 e. The fourth-order valence-corrected chi connectivity index (χ4v) is 3.05. The molecule has 0 amide bonds. The molecular formula is C15H18N2O2S. The molecule has 1 aliphatic rings. The summed E-state index contributed by atoms with van der Waals surface area (Å²) in [5.74, 6) is 1.65. The number of fused-ring (bicyclic) bond motifs is 1. The van der Waals surface area contributed by atoms with E-state index in [9.17, 15) is 0 Å². The second-order valence-corrected chi connectivity index (χ2v) is 5.69. The monoisotopic (exact) mass is 290 g/mol. The molecular weight excluding hydrogens is 272 g/mol. The van der Waals surface area contributed by atoms with Gasteiger partial charge in [-0.1, -0.05) is 19.1 Å². The Labute approximate surface area is 122 Å². The molecule has 1 aromatic carbocycles. The number of nitrogens with one attached hydrogen (secondary N) is 1. The van der Waals surface area contributed by atoms with Crippen LogP contribution in [-0.2, 0) is 6.42 Å². The second-order valence-electron chi connectivity index (χ2n) is 4.71. The summed E-state index contributed by atoms with van der Waals surface area (Å²) in [5, 5.41) is 6.61. The van der Waals surface area contributed by atoms with E-state index in [1.165, 1.54) is 0 Å². The van der Waals surface area contributed by atoms with Gasteiger partial charge in [0.25, 0.3) is 0 Å². The molecule has 4 nitrogen and oxygen atoms in total. The third-order valence-electron chi connectivity index (χ3n) is 3.32. The van der Waals surface area contributed by atoms with Crippen molar-refractivity contribution in [3.63, 3.8) is 0 Å². The molecule has 0 saturated heterocycles. The van der Waals surface area contributed by atoms with Gasteiger partial charge in [0.2, 0.25) is 0 Å². The van der Waals surface area contributed by atoms with Crippen LogP contribution < -0.4 is 14.8 Å². The Balaban J connectivity index is 1.72. The van der Waals surface area contributed by atoms with Crippen LogP contribution in [0.15, 0.2) is 35.8 Å². The number of nitrogens with zero attached hydrogens (tertiary/aromatic N) is 1. The highest BCUT2D eigenvalue weighted by molar-refractivity contribution is 7.09. The van der Waals surface area contributed by atoms with Crippen LogP contribution in [0.5, 0.6) is 11.5 Å². The lowest BCUT2D eigenvalue weighted by atomic mass is 10.1. The Bertz CT molecular complexity index is 545. The molecule has 0 bridgehead atoms. The molecule has 1 aromatic heterocycles. The van der Waals surface area contributed by atoms with Crippen molar-refractivity contribution in [2.75, 3.05) is 13.2 Å². The fourth-order valence-electron chi connectivity index (χ4n) is 2.37. The molecule has 0 saturated carbocycles. The van der Waals surface area contributed by atoms with Crippen LogP contribution in [-0.4, -0.2) is 30.3 Å². The Morgan fingerprint density at radius 3 is 3.00 bits per heavy atom. The highest BCUT2D eigenvalue weighted by Crippen LogP contribution is 2.32. The third kappa shape index (κ3) is 2.94. The normalized spacial score (nSPS) is 18.8. The van der Waals surface area contributed by atoms with Crippen LogP contribution in [0.4, 0.5) is 0 Å². The minimum Gasteiger partial charge on any atom is -0.486 e. The van der Waals surface area contributed by atoms with Crippen LogP contribution in [0, 0.1) is 0 Å². The van der Waals surface area contributed by atoms with E-state index in [2.05, 4.69) is 17.2 Å². The molecule has 0 radical (unpaired) electrons. The zero-order chi connectivity index (χ0) is 13.8. The average Bonchev–Trinajstić information content (AvgIpc) is 2.99. The van der Waals surface area contributed by atoms with Crippen molar-refractivity contribution >= 4 is 11.3 Å². The van der Waals surface area contributed by atoms with Gasteiger partial charge >= 0.3 is 0 Å². The topological polar surface area (TPSA) is 43.4 Å². The minimum absolute atomic E-state index is 0.00810. The SMILES string of the molecule is CCNC(Cc1nccs1)C1COc2ccccc2O1. The van der Waals surface area contributed by atoms with Crippen molar-refractivity contribution in [3.8, 4) is 11.5 Å². The summed E-state index contributed by atoms with van der Waals surface area (Å²) in [6.07, 6.45) is 2.71. The highest BCUT2D eigenvalue weighted by Gasteiger charge is 2.29. The molecule has 20 heavy (non-hydrogen) atoms. The van der Waals surface area contributed by atoms with E-state index in [0.29, 0.717) is 6.61 Å². The maximum atomic E-state index is 6.08. The van der Waals surface area contributed by atoms with Crippen molar-refractivity contribution in [2.24, 2.45) is 0 Å². The highest BCUT2D eigenvalue weighted by atomic mass is 32.1. The molecule has 2 heterocycles. The Hall–Kier alpha value is -1.59. The van der Waals surface area contributed by atoms with E-state index in [4.69, 9.17) is 9.47 Å². The first-order valence-corrected chi connectivity index (χ1v) is 7.75. The molecule has 0 fully saturated rings. The summed E-state index contributed by atoms with van der Waals surface area (Å²) in [4.78, 5) is 4.36. The fraction of sp³-hybridized carbons (Fsp3) is 0.400. The van der Waals surface area contributed by atoms with Crippen LogP contribution >= 0.6 is 11.3 Å². The van der Waals surface area contributed by atoms with Crippen LogP contribution in [0.25, 0.3) is 0 Å². The maximum Gasteiger partial charge on any atom is 0.161 e. The Morgan fingerprint density at radius 2 is 2.25 bits per heavy atom. The molecule has 1 aliphatic heterocycles. The molecule has 106 valence electrons. The van der Waals surface area contributed by atoms with Gasteiger partial charge in [-0.15, -0.1) is 11.3 Å². The van der Waals surface area contributed by atoms with Gasteiger partial charge in [0.05, 0.1) is 11.0 Å². The number of ether oxygens (including phenoxy) is 2. The lowest BCUT2D eigenvalue weighted by Crippen LogP contribution is -2.49. The molecule has 0 spiro atoms. The average molecular weight is 290 g/mol. The number of benzene rings is 1.